The summed E-state index contributed by atoms with van der Waals surface area (Å²) in [4.78, 5) is 11.5. The lowest BCUT2D eigenvalue weighted by Crippen LogP contribution is -2.34. The number of esters is 1. The van der Waals surface area contributed by atoms with Gasteiger partial charge in [-0.25, -0.2) is 4.79 Å². The molecular weight excluding hydrogens is 298 g/mol. The third-order valence-electron chi connectivity index (χ3n) is 3.08. The molecule has 1 atom stereocenters. The molecule has 138 valence electrons. The molecule has 0 radical (unpaired) electrons. The minimum absolute atomic E-state index is 0.0651. The lowest BCUT2D eigenvalue weighted by molar-refractivity contribution is -0.158. The summed E-state index contributed by atoms with van der Waals surface area (Å²) in [7, 11) is 0. The first-order valence-corrected chi connectivity index (χ1v) is 8.27. The third kappa shape index (κ3) is 11.5. The molecule has 2 N–H and O–H groups in total. The maximum Gasteiger partial charge on any atom is 0.334 e. The smallest absolute Gasteiger partial charge is 0.334 e. The van der Waals surface area contributed by atoms with Crippen LogP contribution in [0, 0.1) is 10.8 Å². The Bertz CT molecular complexity index is 331. The molecule has 0 spiro atoms. The second-order valence-corrected chi connectivity index (χ2v) is 7.37. The van der Waals surface area contributed by atoms with Crippen LogP contribution in [-0.2, 0) is 23.7 Å². The van der Waals surface area contributed by atoms with Crippen LogP contribution >= 0.6 is 0 Å². The zero-order valence-corrected chi connectivity index (χ0v) is 15.6. The van der Waals surface area contributed by atoms with Crippen molar-refractivity contribution in [2.75, 3.05) is 46.2 Å². The van der Waals surface area contributed by atoms with Crippen LogP contribution in [0.5, 0.6) is 0 Å². The molecule has 0 aliphatic carbocycles. The highest BCUT2D eigenvalue weighted by Crippen LogP contribution is 2.21. The molecule has 6 heteroatoms. The number of carbonyl (C=O) groups is 1. The van der Waals surface area contributed by atoms with Crippen molar-refractivity contribution in [3.8, 4) is 0 Å². The van der Waals surface area contributed by atoms with E-state index in [0.717, 1.165) is 0 Å². The normalized spacial score (nSPS) is 13.9. The highest BCUT2D eigenvalue weighted by Gasteiger charge is 2.25. The van der Waals surface area contributed by atoms with E-state index in [-0.39, 0.29) is 16.8 Å². The number of ether oxygens (including phenoxy) is 4. The predicted octanol–water partition coefficient (Wildman–Crippen LogP) is 2.00. The van der Waals surface area contributed by atoms with Gasteiger partial charge in [-0.05, 0) is 13.8 Å². The Labute approximate surface area is 141 Å². The number of hydrogen-bond donors (Lipinski definition) is 1. The summed E-state index contributed by atoms with van der Waals surface area (Å²) in [5.41, 5.74) is 5.16. The van der Waals surface area contributed by atoms with Gasteiger partial charge in [-0.3, -0.25) is 0 Å². The molecule has 0 saturated carbocycles. The van der Waals surface area contributed by atoms with E-state index in [0.29, 0.717) is 46.2 Å². The molecule has 0 aliphatic rings. The fraction of sp³-hybridized carbons (Fsp3) is 0.941. The standard InChI is InChI=1S/C17H35NO5/c1-7-22-15(19)14(2)23-13-17(5,6)12-21-11-16(3,4)10-20-9-8-18/h14H,7-13,18H2,1-6H3/t14-/m0/s1. The van der Waals surface area contributed by atoms with E-state index in [1.165, 1.54) is 0 Å². The second kappa shape index (κ2) is 11.0. The van der Waals surface area contributed by atoms with E-state index < -0.39 is 6.10 Å². The number of carbonyl (C=O) groups excluding carboxylic acids is 1. The first-order chi connectivity index (χ1) is 10.6. The SMILES string of the molecule is CCOC(=O)[C@H](C)OCC(C)(C)COCC(C)(C)COCCN. The number of hydrogen-bond acceptors (Lipinski definition) is 6. The Morgan fingerprint density at radius 1 is 1.00 bits per heavy atom. The topological polar surface area (TPSA) is 80.0 Å². The predicted molar refractivity (Wildman–Crippen MR) is 90.3 cm³/mol. The molecule has 0 unspecified atom stereocenters. The fourth-order valence-electron chi connectivity index (χ4n) is 1.80. The summed E-state index contributed by atoms with van der Waals surface area (Å²) in [5.74, 6) is -0.331. The minimum Gasteiger partial charge on any atom is -0.464 e. The van der Waals surface area contributed by atoms with Gasteiger partial charge in [0.25, 0.3) is 0 Å². The van der Waals surface area contributed by atoms with Crippen LogP contribution in [0.2, 0.25) is 0 Å². The van der Waals surface area contributed by atoms with Gasteiger partial charge in [0, 0.05) is 17.4 Å². The van der Waals surface area contributed by atoms with Crippen molar-refractivity contribution < 1.29 is 23.7 Å². The Kier molecular flexibility index (Phi) is 10.6. The summed E-state index contributed by atoms with van der Waals surface area (Å²) in [6, 6.07) is 0. The van der Waals surface area contributed by atoms with E-state index in [1.54, 1.807) is 13.8 Å². The average Bonchev–Trinajstić information content (AvgIpc) is 2.44. The Balaban J connectivity index is 4.05. The van der Waals surface area contributed by atoms with Gasteiger partial charge in [-0.2, -0.15) is 0 Å². The Hall–Kier alpha value is -0.690. The van der Waals surface area contributed by atoms with E-state index in [2.05, 4.69) is 13.8 Å². The maximum absolute atomic E-state index is 11.5. The van der Waals surface area contributed by atoms with Crippen LogP contribution in [-0.4, -0.2) is 58.3 Å². The highest BCUT2D eigenvalue weighted by atomic mass is 16.6. The zero-order valence-electron chi connectivity index (χ0n) is 15.6. The maximum atomic E-state index is 11.5. The van der Waals surface area contributed by atoms with Crippen molar-refractivity contribution in [2.45, 2.75) is 47.6 Å². The molecule has 0 aromatic heterocycles. The van der Waals surface area contributed by atoms with Gasteiger partial charge in [0.15, 0.2) is 6.10 Å². The van der Waals surface area contributed by atoms with Crippen LogP contribution in [0.25, 0.3) is 0 Å². The van der Waals surface area contributed by atoms with Gasteiger partial charge in [0.1, 0.15) is 0 Å². The van der Waals surface area contributed by atoms with Crippen LogP contribution in [0.1, 0.15) is 41.5 Å². The molecule has 0 aromatic carbocycles. The second-order valence-electron chi connectivity index (χ2n) is 7.37. The summed E-state index contributed by atoms with van der Waals surface area (Å²) in [6.45, 7) is 15.4. The average molecular weight is 333 g/mol. The van der Waals surface area contributed by atoms with Crippen molar-refractivity contribution in [1.29, 1.82) is 0 Å². The van der Waals surface area contributed by atoms with E-state index >= 15 is 0 Å². The Morgan fingerprint density at radius 2 is 1.52 bits per heavy atom. The van der Waals surface area contributed by atoms with E-state index in [9.17, 15) is 4.79 Å². The summed E-state index contributed by atoms with van der Waals surface area (Å²) < 4.78 is 21.8. The van der Waals surface area contributed by atoms with Gasteiger partial charge in [0.05, 0.1) is 39.6 Å². The van der Waals surface area contributed by atoms with Crippen LogP contribution in [0.4, 0.5) is 0 Å². The van der Waals surface area contributed by atoms with Gasteiger partial charge >= 0.3 is 5.97 Å². The molecule has 0 bridgehead atoms. The van der Waals surface area contributed by atoms with Crippen molar-refractivity contribution in [3.63, 3.8) is 0 Å². The third-order valence-corrected chi connectivity index (χ3v) is 3.08. The Morgan fingerprint density at radius 3 is 2.04 bits per heavy atom. The monoisotopic (exact) mass is 333 g/mol. The quantitative estimate of drug-likeness (QED) is 0.410. The van der Waals surface area contributed by atoms with E-state index in [1.807, 2.05) is 13.8 Å². The van der Waals surface area contributed by atoms with Crippen LogP contribution in [0.3, 0.4) is 0 Å². The zero-order chi connectivity index (χ0) is 17.9. The first-order valence-electron chi connectivity index (χ1n) is 8.27. The molecule has 0 fully saturated rings. The molecule has 6 nitrogen and oxygen atoms in total. The summed E-state index contributed by atoms with van der Waals surface area (Å²) in [5, 5.41) is 0. The van der Waals surface area contributed by atoms with Gasteiger partial charge in [-0.1, -0.05) is 27.7 Å². The largest absolute Gasteiger partial charge is 0.464 e. The highest BCUT2D eigenvalue weighted by molar-refractivity contribution is 5.74. The summed E-state index contributed by atoms with van der Waals surface area (Å²) >= 11 is 0. The molecule has 0 rings (SSSR count). The molecule has 0 aromatic rings. The van der Waals surface area contributed by atoms with E-state index in [4.69, 9.17) is 24.7 Å². The summed E-state index contributed by atoms with van der Waals surface area (Å²) in [6.07, 6.45) is -0.560. The molecule has 23 heavy (non-hydrogen) atoms. The molecular formula is C17H35NO5. The van der Waals surface area contributed by atoms with Gasteiger partial charge in [-0.15, -0.1) is 0 Å². The van der Waals surface area contributed by atoms with Crippen molar-refractivity contribution >= 4 is 5.97 Å². The van der Waals surface area contributed by atoms with Crippen LogP contribution in [0.15, 0.2) is 0 Å². The lowest BCUT2D eigenvalue weighted by Gasteiger charge is -2.29. The number of rotatable bonds is 13. The van der Waals surface area contributed by atoms with Crippen molar-refractivity contribution in [2.24, 2.45) is 16.6 Å². The minimum atomic E-state index is -0.560. The lowest BCUT2D eigenvalue weighted by atomic mass is 9.94. The van der Waals surface area contributed by atoms with Gasteiger partial charge in [0.2, 0.25) is 0 Å². The van der Waals surface area contributed by atoms with Crippen LogP contribution < -0.4 is 5.73 Å². The van der Waals surface area contributed by atoms with Crippen molar-refractivity contribution in [1.82, 2.24) is 0 Å². The molecule has 0 heterocycles. The fourth-order valence-corrected chi connectivity index (χ4v) is 1.80. The molecule has 0 saturated heterocycles. The first kappa shape index (κ1) is 22.3. The van der Waals surface area contributed by atoms with Crippen molar-refractivity contribution in [3.05, 3.63) is 0 Å². The molecule has 0 aliphatic heterocycles. The van der Waals surface area contributed by atoms with Gasteiger partial charge < -0.3 is 24.7 Å². The number of nitrogens with two attached hydrogens (primary N) is 1. The molecule has 0 amide bonds.